The quantitative estimate of drug-likeness (QED) is 0.802. The molecule has 0 aliphatic heterocycles. The van der Waals surface area contributed by atoms with E-state index in [9.17, 15) is 9.59 Å². The highest BCUT2D eigenvalue weighted by Crippen LogP contribution is 2.13. The van der Waals surface area contributed by atoms with Crippen LogP contribution in [-0.4, -0.2) is 34.7 Å². The summed E-state index contributed by atoms with van der Waals surface area (Å²) in [4.78, 5) is 30.7. The number of aromatic amines is 1. The van der Waals surface area contributed by atoms with Crippen LogP contribution in [0.2, 0.25) is 0 Å². The number of hydrogen-bond donors (Lipinski definition) is 1. The van der Waals surface area contributed by atoms with E-state index in [4.69, 9.17) is 4.84 Å². The van der Waals surface area contributed by atoms with Gasteiger partial charge in [-0.1, -0.05) is 6.07 Å². The van der Waals surface area contributed by atoms with Gasteiger partial charge in [-0.15, -0.1) is 0 Å². The number of benzene rings is 1. The molecule has 1 heterocycles. The largest absolute Gasteiger partial charge is 0.326 e. The van der Waals surface area contributed by atoms with Crippen molar-refractivity contribution < 1.29 is 9.63 Å². The first-order valence-corrected chi connectivity index (χ1v) is 5.51. The maximum atomic E-state index is 11.7. The molecule has 18 heavy (non-hydrogen) atoms. The van der Waals surface area contributed by atoms with Crippen molar-refractivity contribution in [2.75, 3.05) is 14.2 Å². The fourth-order valence-electron chi connectivity index (χ4n) is 1.77. The molecule has 0 unspecified atom stereocenters. The molecule has 6 heteroatoms. The standard InChI is InChI=1S/C12H15N3O3/c1-14-10-6-8(7-11(16)15(2)18-3)4-5-9(10)13-12(14)17/h4-6H,7H2,1-3H3,(H,13,17). The normalized spacial score (nSPS) is 10.8. The van der Waals surface area contributed by atoms with Crippen molar-refractivity contribution >= 4 is 16.9 Å². The zero-order valence-corrected chi connectivity index (χ0v) is 10.6. The van der Waals surface area contributed by atoms with Crippen molar-refractivity contribution in [2.24, 2.45) is 7.05 Å². The van der Waals surface area contributed by atoms with Crippen molar-refractivity contribution in [1.29, 1.82) is 0 Å². The van der Waals surface area contributed by atoms with Gasteiger partial charge in [0.15, 0.2) is 0 Å². The number of hydrogen-bond acceptors (Lipinski definition) is 3. The minimum atomic E-state index is -0.164. The van der Waals surface area contributed by atoms with Gasteiger partial charge in [-0.3, -0.25) is 14.2 Å². The van der Waals surface area contributed by atoms with E-state index >= 15 is 0 Å². The molecule has 1 aromatic heterocycles. The third-order valence-corrected chi connectivity index (χ3v) is 2.95. The van der Waals surface area contributed by atoms with Gasteiger partial charge in [0, 0.05) is 14.1 Å². The summed E-state index contributed by atoms with van der Waals surface area (Å²) in [6.07, 6.45) is 0.236. The van der Waals surface area contributed by atoms with Crippen LogP contribution in [0.1, 0.15) is 5.56 Å². The topological polar surface area (TPSA) is 67.3 Å². The Morgan fingerprint density at radius 2 is 2.22 bits per heavy atom. The summed E-state index contributed by atoms with van der Waals surface area (Å²) in [5, 5.41) is 1.18. The summed E-state index contributed by atoms with van der Waals surface area (Å²) in [7, 11) is 4.69. The van der Waals surface area contributed by atoms with E-state index < -0.39 is 0 Å². The molecule has 1 N–H and O–H groups in total. The second-order valence-electron chi connectivity index (χ2n) is 4.09. The molecular formula is C12H15N3O3. The van der Waals surface area contributed by atoms with E-state index in [0.717, 1.165) is 16.6 Å². The van der Waals surface area contributed by atoms with Gasteiger partial charge in [0.1, 0.15) is 0 Å². The van der Waals surface area contributed by atoms with Gasteiger partial charge in [-0.2, -0.15) is 0 Å². The maximum Gasteiger partial charge on any atom is 0.326 e. The van der Waals surface area contributed by atoms with Gasteiger partial charge in [-0.05, 0) is 17.7 Å². The van der Waals surface area contributed by atoms with Crippen molar-refractivity contribution in [3.8, 4) is 0 Å². The van der Waals surface area contributed by atoms with E-state index in [1.807, 2.05) is 12.1 Å². The molecule has 0 radical (unpaired) electrons. The van der Waals surface area contributed by atoms with Crippen LogP contribution in [0.3, 0.4) is 0 Å². The first kappa shape index (κ1) is 12.4. The number of imidazole rings is 1. The molecule has 0 spiro atoms. The lowest BCUT2D eigenvalue weighted by molar-refractivity contribution is -0.167. The Balaban J connectivity index is 2.33. The highest BCUT2D eigenvalue weighted by molar-refractivity contribution is 5.81. The highest BCUT2D eigenvalue weighted by atomic mass is 16.7. The van der Waals surface area contributed by atoms with Crippen molar-refractivity contribution in [2.45, 2.75) is 6.42 Å². The molecule has 0 fully saturated rings. The summed E-state index contributed by atoms with van der Waals surface area (Å²) in [6.45, 7) is 0. The first-order valence-electron chi connectivity index (χ1n) is 5.51. The number of rotatable bonds is 3. The zero-order valence-electron chi connectivity index (χ0n) is 10.6. The lowest BCUT2D eigenvalue weighted by atomic mass is 10.1. The van der Waals surface area contributed by atoms with Gasteiger partial charge >= 0.3 is 5.69 Å². The summed E-state index contributed by atoms with van der Waals surface area (Å²) >= 11 is 0. The Morgan fingerprint density at radius 3 is 2.89 bits per heavy atom. The Kier molecular flexibility index (Phi) is 3.20. The number of amides is 1. The molecule has 1 aromatic carbocycles. The Hall–Kier alpha value is -2.08. The van der Waals surface area contributed by atoms with Crippen LogP contribution in [0.4, 0.5) is 0 Å². The van der Waals surface area contributed by atoms with Crippen LogP contribution in [0.5, 0.6) is 0 Å². The van der Waals surface area contributed by atoms with Gasteiger partial charge in [0.05, 0.1) is 24.6 Å². The number of carbonyl (C=O) groups is 1. The highest BCUT2D eigenvalue weighted by Gasteiger charge is 2.10. The molecule has 0 aliphatic rings. The minimum Gasteiger partial charge on any atom is -0.306 e. The maximum absolute atomic E-state index is 11.7. The van der Waals surface area contributed by atoms with Crippen LogP contribution in [0.25, 0.3) is 11.0 Å². The number of carbonyl (C=O) groups excluding carboxylic acids is 1. The van der Waals surface area contributed by atoms with Gasteiger partial charge in [0.2, 0.25) is 5.91 Å². The van der Waals surface area contributed by atoms with Gasteiger partial charge < -0.3 is 4.98 Å². The Labute approximate surface area is 104 Å². The molecule has 2 rings (SSSR count). The van der Waals surface area contributed by atoms with Crippen LogP contribution in [0, 0.1) is 0 Å². The predicted molar refractivity (Wildman–Crippen MR) is 67.0 cm³/mol. The molecule has 0 bridgehead atoms. The SMILES string of the molecule is CON(C)C(=O)Cc1ccc2[nH]c(=O)n(C)c2c1. The molecule has 1 amide bonds. The van der Waals surface area contributed by atoms with Crippen molar-refractivity contribution in [1.82, 2.24) is 14.6 Å². The number of aromatic nitrogens is 2. The average molecular weight is 249 g/mol. The molecule has 96 valence electrons. The molecule has 0 aliphatic carbocycles. The van der Waals surface area contributed by atoms with Crippen molar-refractivity contribution in [3.63, 3.8) is 0 Å². The third kappa shape index (κ3) is 2.14. The van der Waals surface area contributed by atoms with E-state index in [0.29, 0.717) is 0 Å². The van der Waals surface area contributed by atoms with Crippen LogP contribution in [-0.2, 0) is 23.1 Å². The zero-order chi connectivity index (χ0) is 13.3. The van der Waals surface area contributed by atoms with Gasteiger partial charge in [0.25, 0.3) is 0 Å². The van der Waals surface area contributed by atoms with Crippen molar-refractivity contribution in [3.05, 3.63) is 34.2 Å². The van der Waals surface area contributed by atoms with Gasteiger partial charge in [-0.25, -0.2) is 9.86 Å². The number of nitrogens with zero attached hydrogens (tertiary/aromatic N) is 2. The van der Waals surface area contributed by atoms with E-state index in [-0.39, 0.29) is 18.0 Å². The average Bonchev–Trinajstić information content (AvgIpc) is 2.64. The Bertz CT molecular complexity index is 642. The monoisotopic (exact) mass is 249 g/mol. The number of H-pyrrole nitrogens is 1. The molecular weight excluding hydrogens is 234 g/mol. The fraction of sp³-hybridized carbons (Fsp3) is 0.333. The molecule has 0 saturated carbocycles. The van der Waals surface area contributed by atoms with E-state index in [1.165, 1.54) is 16.7 Å². The van der Waals surface area contributed by atoms with Crippen LogP contribution in [0.15, 0.2) is 23.0 Å². The van der Waals surface area contributed by atoms with E-state index in [1.54, 1.807) is 20.2 Å². The molecule has 0 atom stereocenters. The summed E-state index contributed by atoms with van der Waals surface area (Å²) in [6, 6.07) is 5.44. The lowest BCUT2D eigenvalue weighted by Crippen LogP contribution is -2.26. The lowest BCUT2D eigenvalue weighted by Gasteiger charge is -2.13. The summed E-state index contributed by atoms with van der Waals surface area (Å²) in [5.41, 5.74) is 2.22. The second kappa shape index (κ2) is 4.66. The molecule has 0 saturated heterocycles. The Morgan fingerprint density at radius 1 is 1.50 bits per heavy atom. The van der Waals surface area contributed by atoms with Crippen LogP contribution < -0.4 is 5.69 Å². The number of nitrogens with one attached hydrogen (secondary N) is 1. The third-order valence-electron chi connectivity index (χ3n) is 2.95. The first-order chi connectivity index (χ1) is 8.52. The predicted octanol–water partition coefficient (Wildman–Crippen LogP) is 0.429. The van der Waals surface area contributed by atoms with Crippen LogP contribution >= 0.6 is 0 Å². The second-order valence-corrected chi connectivity index (χ2v) is 4.09. The number of likely N-dealkylation sites (N-methyl/N-ethyl adjacent to an activating group) is 1. The molecule has 6 nitrogen and oxygen atoms in total. The summed E-state index contributed by atoms with van der Waals surface area (Å²) < 4.78 is 1.52. The smallest absolute Gasteiger partial charge is 0.306 e. The number of fused-ring (bicyclic) bond motifs is 1. The minimum absolute atomic E-state index is 0.141. The summed E-state index contributed by atoms with van der Waals surface area (Å²) in [5.74, 6) is -0.141. The number of hydroxylamine groups is 2. The fourth-order valence-corrected chi connectivity index (χ4v) is 1.77. The number of aryl methyl sites for hydroxylation is 1. The van der Waals surface area contributed by atoms with E-state index in [2.05, 4.69) is 4.98 Å². The molecule has 2 aromatic rings.